The summed E-state index contributed by atoms with van der Waals surface area (Å²) < 4.78 is 5.78. The molecule has 1 saturated heterocycles. The topological polar surface area (TPSA) is 24.5 Å². The first-order chi connectivity index (χ1) is 9.33. The lowest BCUT2D eigenvalue weighted by Gasteiger charge is -2.38. The molecule has 3 heteroatoms. The molecule has 112 valence electrons. The number of nitrogens with zero attached hydrogens (tertiary/aromatic N) is 1. The van der Waals surface area contributed by atoms with Crippen LogP contribution in [0.5, 0.6) is 0 Å². The van der Waals surface area contributed by atoms with E-state index < -0.39 is 0 Å². The molecular formula is C16H32N2O. The second kappa shape index (κ2) is 8.23. The van der Waals surface area contributed by atoms with Gasteiger partial charge in [-0.2, -0.15) is 0 Å². The van der Waals surface area contributed by atoms with E-state index in [0.717, 1.165) is 38.6 Å². The Kier molecular flexibility index (Phi) is 6.62. The highest BCUT2D eigenvalue weighted by molar-refractivity contribution is 4.83. The average Bonchev–Trinajstić information content (AvgIpc) is 2.48. The molecule has 0 spiro atoms. The predicted molar refractivity (Wildman–Crippen MR) is 80.5 cm³/mol. The predicted octanol–water partition coefficient (Wildman–Crippen LogP) is 2.66. The summed E-state index contributed by atoms with van der Waals surface area (Å²) in [6.07, 6.45) is 8.79. The summed E-state index contributed by atoms with van der Waals surface area (Å²) in [4.78, 5) is 2.62. The molecule has 2 atom stereocenters. The highest BCUT2D eigenvalue weighted by Gasteiger charge is 2.27. The van der Waals surface area contributed by atoms with Gasteiger partial charge in [0.15, 0.2) is 0 Å². The van der Waals surface area contributed by atoms with E-state index in [-0.39, 0.29) is 0 Å². The molecule has 3 nitrogen and oxygen atoms in total. The van der Waals surface area contributed by atoms with Crippen LogP contribution in [0.25, 0.3) is 0 Å². The highest BCUT2D eigenvalue weighted by atomic mass is 16.5. The molecule has 1 saturated carbocycles. The van der Waals surface area contributed by atoms with Crippen molar-refractivity contribution in [2.24, 2.45) is 5.92 Å². The van der Waals surface area contributed by atoms with Crippen molar-refractivity contribution in [1.82, 2.24) is 10.2 Å². The number of ether oxygens (including phenoxy) is 1. The van der Waals surface area contributed by atoms with E-state index >= 15 is 0 Å². The number of likely N-dealkylation sites (N-methyl/N-ethyl adjacent to an activating group) is 1. The van der Waals surface area contributed by atoms with Crippen LogP contribution in [0.2, 0.25) is 0 Å². The fourth-order valence-corrected chi connectivity index (χ4v) is 3.65. The molecular weight excluding hydrogens is 236 g/mol. The molecule has 1 aliphatic carbocycles. The normalized spacial score (nSPS) is 28.4. The lowest BCUT2D eigenvalue weighted by Crippen LogP contribution is -2.51. The van der Waals surface area contributed by atoms with E-state index in [1.54, 1.807) is 0 Å². The summed E-state index contributed by atoms with van der Waals surface area (Å²) in [7, 11) is 0. The van der Waals surface area contributed by atoms with Gasteiger partial charge in [0.1, 0.15) is 0 Å². The molecule has 0 aromatic heterocycles. The summed E-state index contributed by atoms with van der Waals surface area (Å²) >= 11 is 0. The summed E-state index contributed by atoms with van der Waals surface area (Å²) in [5.41, 5.74) is 0. The lowest BCUT2D eigenvalue weighted by atomic mass is 9.83. The van der Waals surface area contributed by atoms with Gasteiger partial charge in [-0.05, 0) is 31.7 Å². The van der Waals surface area contributed by atoms with Crippen molar-refractivity contribution < 1.29 is 4.74 Å². The number of hydrogen-bond donors (Lipinski definition) is 1. The first-order valence-corrected chi connectivity index (χ1v) is 8.40. The lowest BCUT2D eigenvalue weighted by molar-refractivity contribution is -0.0345. The molecule has 0 aromatic carbocycles. The molecule has 1 N–H and O–H groups in total. The number of rotatable bonds is 6. The maximum absolute atomic E-state index is 5.78. The zero-order valence-corrected chi connectivity index (χ0v) is 12.9. The maximum atomic E-state index is 5.78. The highest BCUT2D eigenvalue weighted by Crippen LogP contribution is 2.27. The summed E-state index contributed by atoms with van der Waals surface area (Å²) in [6.45, 7) is 9.96. The van der Waals surface area contributed by atoms with Crippen LogP contribution in [0.4, 0.5) is 0 Å². The largest absolute Gasteiger partial charge is 0.376 e. The first-order valence-electron chi connectivity index (χ1n) is 8.40. The molecule has 1 aliphatic heterocycles. The SMILES string of the molecule is CCNC(CN1CCOC(CC)C1)C1CCCCC1. The van der Waals surface area contributed by atoms with Crippen molar-refractivity contribution in [3.63, 3.8) is 0 Å². The van der Waals surface area contributed by atoms with E-state index in [9.17, 15) is 0 Å². The number of hydrogen-bond acceptors (Lipinski definition) is 3. The van der Waals surface area contributed by atoms with Gasteiger partial charge >= 0.3 is 0 Å². The van der Waals surface area contributed by atoms with E-state index in [4.69, 9.17) is 4.74 Å². The zero-order chi connectivity index (χ0) is 13.5. The van der Waals surface area contributed by atoms with Crippen molar-refractivity contribution in [3.05, 3.63) is 0 Å². The van der Waals surface area contributed by atoms with Gasteiger partial charge in [-0.3, -0.25) is 4.90 Å². The summed E-state index contributed by atoms with van der Waals surface area (Å²) in [6, 6.07) is 0.695. The Morgan fingerprint density at radius 2 is 2.00 bits per heavy atom. The van der Waals surface area contributed by atoms with Gasteiger partial charge in [-0.1, -0.05) is 33.1 Å². The quantitative estimate of drug-likeness (QED) is 0.801. The molecule has 0 radical (unpaired) electrons. The molecule has 2 aliphatic rings. The van der Waals surface area contributed by atoms with E-state index in [0.29, 0.717) is 12.1 Å². The first kappa shape index (κ1) is 15.3. The van der Waals surface area contributed by atoms with Crippen molar-refractivity contribution in [2.45, 2.75) is 64.5 Å². The van der Waals surface area contributed by atoms with Crippen LogP contribution < -0.4 is 5.32 Å². The molecule has 0 aromatic rings. The Morgan fingerprint density at radius 1 is 1.21 bits per heavy atom. The molecule has 0 bridgehead atoms. The summed E-state index contributed by atoms with van der Waals surface area (Å²) in [5, 5.41) is 3.75. The van der Waals surface area contributed by atoms with Crippen LogP contribution in [0.3, 0.4) is 0 Å². The van der Waals surface area contributed by atoms with Gasteiger partial charge < -0.3 is 10.1 Å². The zero-order valence-electron chi connectivity index (χ0n) is 12.9. The van der Waals surface area contributed by atoms with Crippen molar-refractivity contribution in [3.8, 4) is 0 Å². The van der Waals surface area contributed by atoms with Crippen LogP contribution >= 0.6 is 0 Å². The smallest absolute Gasteiger partial charge is 0.0700 e. The Bertz CT molecular complexity index is 241. The fraction of sp³-hybridized carbons (Fsp3) is 1.00. The minimum Gasteiger partial charge on any atom is -0.376 e. The Hall–Kier alpha value is -0.120. The Morgan fingerprint density at radius 3 is 2.68 bits per heavy atom. The second-order valence-electron chi connectivity index (χ2n) is 6.22. The summed E-state index contributed by atoms with van der Waals surface area (Å²) in [5.74, 6) is 0.900. The third-order valence-electron chi connectivity index (χ3n) is 4.82. The molecule has 0 amide bonds. The molecule has 2 rings (SSSR count). The minimum atomic E-state index is 0.461. The van der Waals surface area contributed by atoms with E-state index in [1.165, 1.54) is 38.6 Å². The van der Waals surface area contributed by atoms with Gasteiger partial charge in [-0.25, -0.2) is 0 Å². The molecule has 1 heterocycles. The van der Waals surface area contributed by atoms with Gasteiger partial charge in [0.05, 0.1) is 12.7 Å². The van der Waals surface area contributed by atoms with E-state index in [1.807, 2.05) is 0 Å². The van der Waals surface area contributed by atoms with Crippen LogP contribution in [0.1, 0.15) is 52.4 Å². The van der Waals surface area contributed by atoms with E-state index in [2.05, 4.69) is 24.1 Å². The average molecular weight is 268 g/mol. The third-order valence-corrected chi connectivity index (χ3v) is 4.82. The van der Waals surface area contributed by atoms with Crippen molar-refractivity contribution >= 4 is 0 Å². The minimum absolute atomic E-state index is 0.461. The second-order valence-corrected chi connectivity index (χ2v) is 6.22. The van der Waals surface area contributed by atoms with Crippen LogP contribution in [-0.2, 0) is 4.74 Å². The van der Waals surface area contributed by atoms with Crippen LogP contribution in [-0.4, -0.2) is 49.8 Å². The standard InChI is InChI=1S/C16H32N2O/c1-3-15-12-18(10-11-19-15)13-16(17-4-2)14-8-6-5-7-9-14/h14-17H,3-13H2,1-2H3. The van der Waals surface area contributed by atoms with Crippen molar-refractivity contribution in [2.75, 3.05) is 32.8 Å². The van der Waals surface area contributed by atoms with Gasteiger partial charge in [0.25, 0.3) is 0 Å². The maximum Gasteiger partial charge on any atom is 0.0700 e. The van der Waals surface area contributed by atoms with Gasteiger partial charge in [0, 0.05) is 25.7 Å². The van der Waals surface area contributed by atoms with Crippen molar-refractivity contribution in [1.29, 1.82) is 0 Å². The third kappa shape index (κ3) is 4.73. The van der Waals surface area contributed by atoms with Crippen LogP contribution in [0, 0.1) is 5.92 Å². The Balaban J connectivity index is 1.84. The van der Waals surface area contributed by atoms with Crippen LogP contribution in [0.15, 0.2) is 0 Å². The van der Waals surface area contributed by atoms with Gasteiger partial charge in [-0.15, -0.1) is 0 Å². The monoisotopic (exact) mass is 268 g/mol. The molecule has 2 fully saturated rings. The number of morpholine rings is 1. The molecule has 2 unspecified atom stereocenters. The fourth-order valence-electron chi connectivity index (χ4n) is 3.65. The van der Waals surface area contributed by atoms with Gasteiger partial charge in [0.2, 0.25) is 0 Å². The Labute approximate surface area is 119 Å². The molecule has 19 heavy (non-hydrogen) atoms. The number of nitrogens with one attached hydrogen (secondary N) is 1.